The first-order chi connectivity index (χ1) is 10.6. The summed E-state index contributed by atoms with van der Waals surface area (Å²) < 4.78 is 0. The fourth-order valence-corrected chi connectivity index (χ4v) is 2.94. The largest absolute Gasteiger partial charge is 0.326 e. The highest BCUT2D eigenvalue weighted by atomic mass is 16.1. The molecule has 1 amide bonds. The van der Waals surface area contributed by atoms with Gasteiger partial charge in [0, 0.05) is 36.6 Å². The number of aromatic nitrogens is 1. The maximum atomic E-state index is 12.3. The van der Waals surface area contributed by atoms with E-state index in [1.807, 2.05) is 17.1 Å². The van der Waals surface area contributed by atoms with Gasteiger partial charge in [0.25, 0.3) is 0 Å². The zero-order chi connectivity index (χ0) is 15.9. The second kappa shape index (κ2) is 8.25. The van der Waals surface area contributed by atoms with Crippen LogP contribution in [0, 0.1) is 11.8 Å². The number of carbonyl (C=O) groups is 1. The van der Waals surface area contributed by atoms with Gasteiger partial charge >= 0.3 is 0 Å². The standard InChI is InChI=1S/C17H28N4O/c1-13(2)9-12-21(18)16-5-3-14(4-6-16)17(22)20-15-7-10-19-11-8-15/h7-8,10-11,13-14,16H,3-6,9,12,18H2,1-2H3,(H,19,20,22). The molecule has 5 heteroatoms. The van der Waals surface area contributed by atoms with Gasteiger partial charge in [-0.05, 0) is 50.2 Å². The highest BCUT2D eigenvalue weighted by Crippen LogP contribution is 2.27. The van der Waals surface area contributed by atoms with E-state index in [1.165, 1.54) is 0 Å². The lowest BCUT2D eigenvalue weighted by Gasteiger charge is -2.34. The summed E-state index contributed by atoms with van der Waals surface area (Å²) in [5, 5.41) is 4.96. The Bertz CT molecular complexity index is 455. The molecule has 3 N–H and O–H groups in total. The Morgan fingerprint density at radius 1 is 1.32 bits per heavy atom. The third-order valence-corrected chi connectivity index (χ3v) is 4.45. The number of hydrogen-bond acceptors (Lipinski definition) is 4. The minimum Gasteiger partial charge on any atom is -0.326 e. The summed E-state index contributed by atoms with van der Waals surface area (Å²) in [6.07, 6.45) is 8.33. The monoisotopic (exact) mass is 304 g/mol. The molecule has 0 spiro atoms. The van der Waals surface area contributed by atoms with Crippen molar-refractivity contribution in [3.8, 4) is 0 Å². The summed E-state index contributed by atoms with van der Waals surface area (Å²) in [5.74, 6) is 7.06. The van der Waals surface area contributed by atoms with Crippen molar-refractivity contribution in [3.63, 3.8) is 0 Å². The number of nitrogens with one attached hydrogen (secondary N) is 1. The number of nitrogens with two attached hydrogens (primary N) is 1. The van der Waals surface area contributed by atoms with Crippen LogP contribution in [0.1, 0.15) is 46.0 Å². The molecule has 1 aliphatic rings. The van der Waals surface area contributed by atoms with E-state index in [0.717, 1.165) is 44.3 Å². The second-order valence-corrected chi connectivity index (χ2v) is 6.65. The summed E-state index contributed by atoms with van der Waals surface area (Å²) in [5.41, 5.74) is 0.819. The molecule has 0 unspecified atom stereocenters. The molecule has 1 aromatic heterocycles. The molecule has 5 nitrogen and oxygen atoms in total. The molecule has 1 aromatic rings. The topological polar surface area (TPSA) is 71.2 Å². The number of pyridine rings is 1. The number of carbonyl (C=O) groups excluding carboxylic acids is 1. The van der Waals surface area contributed by atoms with Gasteiger partial charge in [0.1, 0.15) is 0 Å². The van der Waals surface area contributed by atoms with Crippen LogP contribution in [0.2, 0.25) is 0 Å². The number of nitrogens with zero attached hydrogens (tertiary/aromatic N) is 2. The molecule has 0 saturated heterocycles. The highest BCUT2D eigenvalue weighted by molar-refractivity contribution is 5.92. The molecule has 1 saturated carbocycles. The predicted octanol–water partition coefficient (Wildman–Crippen LogP) is 2.80. The molecule has 1 aliphatic carbocycles. The Morgan fingerprint density at radius 3 is 2.55 bits per heavy atom. The van der Waals surface area contributed by atoms with Crippen LogP contribution < -0.4 is 11.2 Å². The van der Waals surface area contributed by atoms with Crippen LogP contribution in [0.5, 0.6) is 0 Å². The number of hydrazine groups is 1. The van der Waals surface area contributed by atoms with E-state index >= 15 is 0 Å². The van der Waals surface area contributed by atoms with Gasteiger partial charge in [0.2, 0.25) is 5.91 Å². The first kappa shape index (κ1) is 16.9. The molecule has 0 atom stereocenters. The molecule has 0 aliphatic heterocycles. The van der Waals surface area contributed by atoms with Crippen molar-refractivity contribution >= 4 is 11.6 Å². The summed E-state index contributed by atoms with van der Waals surface area (Å²) in [7, 11) is 0. The predicted molar refractivity (Wildman–Crippen MR) is 89.0 cm³/mol. The van der Waals surface area contributed by atoms with E-state index in [-0.39, 0.29) is 11.8 Å². The lowest BCUT2D eigenvalue weighted by atomic mass is 9.85. The lowest BCUT2D eigenvalue weighted by Crippen LogP contribution is -2.45. The summed E-state index contributed by atoms with van der Waals surface area (Å²) in [6.45, 7) is 5.37. The van der Waals surface area contributed by atoms with E-state index in [1.54, 1.807) is 12.4 Å². The number of rotatable bonds is 6. The van der Waals surface area contributed by atoms with E-state index in [0.29, 0.717) is 12.0 Å². The number of amides is 1. The Morgan fingerprint density at radius 2 is 1.95 bits per heavy atom. The van der Waals surface area contributed by atoms with Crippen molar-refractivity contribution in [2.24, 2.45) is 17.7 Å². The number of anilines is 1. The van der Waals surface area contributed by atoms with Crippen molar-refractivity contribution < 1.29 is 4.79 Å². The highest BCUT2D eigenvalue weighted by Gasteiger charge is 2.28. The molecular formula is C17H28N4O. The average Bonchev–Trinajstić information content (AvgIpc) is 2.53. The van der Waals surface area contributed by atoms with Gasteiger partial charge in [-0.25, -0.2) is 5.01 Å². The molecule has 1 fully saturated rings. The minimum absolute atomic E-state index is 0.0999. The van der Waals surface area contributed by atoms with Crippen LogP contribution in [-0.2, 0) is 4.79 Å². The summed E-state index contributed by atoms with van der Waals surface area (Å²) in [4.78, 5) is 16.2. The molecule has 122 valence electrons. The first-order valence-corrected chi connectivity index (χ1v) is 8.28. The molecule has 1 heterocycles. The molecule has 0 radical (unpaired) electrons. The van der Waals surface area contributed by atoms with Crippen LogP contribution in [-0.4, -0.2) is 28.5 Å². The average molecular weight is 304 g/mol. The third-order valence-electron chi connectivity index (χ3n) is 4.45. The van der Waals surface area contributed by atoms with Gasteiger partial charge in [-0.2, -0.15) is 0 Å². The van der Waals surface area contributed by atoms with Crippen molar-refractivity contribution in [1.82, 2.24) is 9.99 Å². The van der Waals surface area contributed by atoms with E-state index in [2.05, 4.69) is 24.1 Å². The number of hydrogen-bond donors (Lipinski definition) is 2. The van der Waals surface area contributed by atoms with Crippen LogP contribution in [0.3, 0.4) is 0 Å². The van der Waals surface area contributed by atoms with Gasteiger partial charge in [-0.15, -0.1) is 0 Å². The fraction of sp³-hybridized carbons (Fsp3) is 0.647. The van der Waals surface area contributed by atoms with Crippen molar-refractivity contribution in [1.29, 1.82) is 0 Å². The summed E-state index contributed by atoms with van der Waals surface area (Å²) in [6, 6.07) is 4.05. The smallest absolute Gasteiger partial charge is 0.227 e. The van der Waals surface area contributed by atoms with E-state index in [4.69, 9.17) is 5.84 Å². The zero-order valence-electron chi connectivity index (χ0n) is 13.7. The Kier molecular flexibility index (Phi) is 6.34. The second-order valence-electron chi connectivity index (χ2n) is 6.65. The Labute approximate surface area is 133 Å². The normalized spacial score (nSPS) is 22.0. The van der Waals surface area contributed by atoms with E-state index < -0.39 is 0 Å². The van der Waals surface area contributed by atoms with Crippen molar-refractivity contribution in [2.45, 2.75) is 52.0 Å². The SMILES string of the molecule is CC(C)CCN(N)C1CCC(C(=O)Nc2ccncc2)CC1. The maximum absolute atomic E-state index is 12.3. The molecule has 2 rings (SSSR count). The lowest BCUT2D eigenvalue weighted by molar-refractivity contribution is -0.121. The van der Waals surface area contributed by atoms with Crippen LogP contribution in [0.15, 0.2) is 24.5 Å². The molecule has 0 bridgehead atoms. The van der Waals surface area contributed by atoms with Crippen LogP contribution >= 0.6 is 0 Å². The van der Waals surface area contributed by atoms with E-state index in [9.17, 15) is 4.79 Å². The minimum atomic E-state index is 0.0999. The zero-order valence-corrected chi connectivity index (χ0v) is 13.7. The fourth-order valence-electron chi connectivity index (χ4n) is 2.94. The van der Waals surface area contributed by atoms with Crippen LogP contribution in [0.25, 0.3) is 0 Å². The third kappa shape index (κ3) is 5.07. The molecular weight excluding hydrogens is 276 g/mol. The maximum Gasteiger partial charge on any atom is 0.227 e. The van der Waals surface area contributed by atoms with Gasteiger partial charge < -0.3 is 5.32 Å². The quantitative estimate of drug-likeness (QED) is 0.626. The van der Waals surface area contributed by atoms with Gasteiger partial charge in [0.15, 0.2) is 0 Å². The van der Waals surface area contributed by atoms with Gasteiger partial charge in [-0.3, -0.25) is 15.6 Å². The Hall–Kier alpha value is -1.46. The van der Waals surface area contributed by atoms with Gasteiger partial charge in [-0.1, -0.05) is 13.8 Å². The summed E-state index contributed by atoms with van der Waals surface area (Å²) >= 11 is 0. The van der Waals surface area contributed by atoms with Crippen molar-refractivity contribution in [3.05, 3.63) is 24.5 Å². The first-order valence-electron chi connectivity index (χ1n) is 8.28. The van der Waals surface area contributed by atoms with Crippen LogP contribution in [0.4, 0.5) is 5.69 Å². The van der Waals surface area contributed by atoms with Crippen molar-refractivity contribution in [2.75, 3.05) is 11.9 Å². The molecule has 22 heavy (non-hydrogen) atoms. The van der Waals surface area contributed by atoms with Gasteiger partial charge in [0.05, 0.1) is 0 Å². The Balaban J connectivity index is 1.75. The molecule has 0 aromatic carbocycles.